The number of hydrogen-bond acceptors (Lipinski definition) is 1. The number of unbranched alkanes of at least 4 members (excludes halogenated alkanes) is 1. The van der Waals surface area contributed by atoms with E-state index >= 15 is 0 Å². The van der Waals surface area contributed by atoms with Gasteiger partial charge in [0.15, 0.2) is 0 Å². The molecule has 1 nitrogen and oxygen atoms in total. The van der Waals surface area contributed by atoms with E-state index in [0.29, 0.717) is 11.5 Å². The molecule has 25 heavy (non-hydrogen) atoms. The van der Waals surface area contributed by atoms with Gasteiger partial charge in [-0.1, -0.05) is 50.5 Å². The number of rotatable bonds is 5. The first-order valence-corrected chi connectivity index (χ1v) is 9.43. The first-order chi connectivity index (χ1) is 12.1. The molecule has 0 heterocycles. The van der Waals surface area contributed by atoms with E-state index in [9.17, 15) is 8.78 Å². The summed E-state index contributed by atoms with van der Waals surface area (Å²) >= 11 is 0. The third-order valence-corrected chi connectivity index (χ3v) is 5.59. The van der Waals surface area contributed by atoms with Gasteiger partial charge in [-0.05, 0) is 54.7 Å². The van der Waals surface area contributed by atoms with Crippen molar-refractivity contribution in [2.75, 3.05) is 5.73 Å². The number of halogens is 2. The summed E-state index contributed by atoms with van der Waals surface area (Å²) in [5.74, 6) is 0.427. The van der Waals surface area contributed by atoms with Crippen LogP contribution in [0.15, 0.2) is 36.4 Å². The van der Waals surface area contributed by atoms with E-state index in [2.05, 4.69) is 19.1 Å². The topological polar surface area (TPSA) is 26.0 Å². The van der Waals surface area contributed by atoms with Crippen LogP contribution in [0.2, 0.25) is 0 Å². The Kier molecular flexibility index (Phi) is 5.72. The Balaban J connectivity index is 1.68. The Morgan fingerprint density at radius 2 is 1.64 bits per heavy atom. The summed E-state index contributed by atoms with van der Waals surface area (Å²) in [5.41, 5.74) is 7.53. The summed E-state index contributed by atoms with van der Waals surface area (Å²) in [6.45, 7) is 2.25. The second-order valence-corrected chi connectivity index (χ2v) is 7.34. The molecule has 3 rings (SSSR count). The molecule has 0 spiro atoms. The third kappa shape index (κ3) is 4.20. The molecule has 2 aromatic rings. The number of anilines is 1. The van der Waals surface area contributed by atoms with Crippen LogP contribution >= 0.6 is 0 Å². The highest BCUT2D eigenvalue weighted by Crippen LogP contribution is 2.38. The number of benzene rings is 2. The summed E-state index contributed by atoms with van der Waals surface area (Å²) in [7, 11) is 0. The number of hydrogen-bond donors (Lipinski definition) is 1. The van der Waals surface area contributed by atoms with Crippen molar-refractivity contribution in [2.24, 2.45) is 5.92 Å². The van der Waals surface area contributed by atoms with Crippen molar-refractivity contribution in [1.29, 1.82) is 0 Å². The lowest BCUT2D eigenvalue weighted by atomic mass is 9.77. The molecule has 2 N–H and O–H groups in total. The minimum atomic E-state index is -0.578. The van der Waals surface area contributed by atoms with Crippen molar-refractivity contribution in [3.05, 3.63) is 53.6 Å². The maximum absolute atomic E-state index is 14.1. The van der Waals surface area contributed by atoms with Gasteiger partial charge in [0.2, 0.25) is 0 Å². The Bertz CT molecular complexity index is 701. The van der Waals surface area contributed by atoms with Crippen molar-refractivity contribution >= 4 is 5.69 Å². The molecule has 1 saturated carbocycles. The molecule has 134 valence electrons. The molecule has 1 fully saturated rings. The van der Waals surface area contributed by atoms with E-state index in [1.807, 2.05) is 12.1 Å². The molecule has 0 atom stereocenters. The molecule has 0 bridgehead atoms. The van der Waals surface area contributed by atoms with Crippen LogP contribution in [0.1, 0.15) is 63.4 Å². The first kappa shape index (κ1) is 17.9. The van der Waals surface area contributed by atoms with Crippen LogP contribution < -0.4 is 5.73 Å². The minimum Gasteiger partial charge on any atom is -0.396 e. The molecule has 2 aromatic carbocycles. The van der Waals surface area contributed by atoms with Crippen molar-refractivity contribution in [1.82, 2.24) is 0 Å². The van der Waals surface area contributed by atoms with Gasteiger partial charge >= 0.3 is 0 Å². The maximum atomic E-state index is 14.1. The monoisotopic (exact) mass is 343 g/mol. The van der Waals surface area contributed by atoms with Crippen molar-refractivity contribution in [3.8, 4) is 11.1 Å². The summed E-state index contributed by atoms with van der Waals surface area (Å²) in [6.07, 6.45) is 9.08. The minimum absolute atomic E-state index is 0.155. The Hall–Kier alpha value is -1.90. The predicted octanol–water partition coefficient (Wildman–Crippen LogP) is 6.68. The van der Waals surface area contributed by atoms with Gasteiger partial charge in [-0.25, -0.2) is 8.78 Å². The van der Waals surface area contributed by atoms with E-state index < -0.39 is 11.6 Å². The van der Waals surface area contributed by atoms with Gasteiger partial charge in [0.05, 0.1) is 5.69 Å². The first-order valence-electron chi connectivity index (χ1n) is 9.43. The summed E-state index contributed by atoms with van der Waals surface area (Å²) < 4.78 is 27.7. The van der Waals surface area contributed by atoms with E-state index in [0.717, 1.165) is 12.0 Å². The molecule has 0 unspecified atom stereocenters. The van der Waals surface area contributed by atoms with Crippen LogP contribution in [0.4, 0.5) is 14.5 Å². The maximum Gasteiger partial charge on any atom is 0.146 e. The SMILES string of the molecule is CCCCC1CCC(c2ccc(-c3cc(F)c(N)cc3F)cc2)CC1. The molecule has 0 amide bonds. The van der Waals surface area contributed by atoms with Crippen LogP contribution in [0.25, 0.3) is 11.1 Å². The van der Waals surface area contributed by atoms with Crippen molar-refractivity contribution in [2.45, 2.75) is 57.8 Å². The van der Waals surface area contributed by atoms with Crippen LogP contribution in [0, 0.1) is 17.6 Å². The fourth-order valence-corrected chi connectivity index (χ4v) is 4.00. The van der Waals surface area contributed by atoms with E-state index in [1.165, 1.54) is 56.6 Å². The Labute approximate surface area is 149 Å². The fraction of sp³-hybridized carbons (Fsp3) is 0.455. The Morgan fingerprint density at radius 1 is 0.960 bits per heavy atom. The predicted molar refractivity (Wildman–Crippen MR) is 100 cm³/mol. The lowest BCUT2D eigenvalue weighted by Gasteiger charge is -2.29. The highest BCUT2D eigenvalue weighted by Gasteiger charge is 2.22. The Morgan fingerprint density at radius 3 is 2.28 bits per heavy atom. The second-order valence-electron chi connectivity index (χ2n) is 7.34. The fourth-order valence-electron chi connectivity index (χ4n) is 4.00. The summed E-state index contributed by atoms with van der Waals surface area (Å²) in [5, 5.41) is 0. The van der Waals surface area contributed by atoms with Gasteiger partial charge < -0.3 is 5.73 Å². The van der Waals surface area contributed by atoms with Gasteiger partial charge in [-0.15, -0.1) is 0 Å². The summed E-state index contributed by atoms with van der Waals surface area (Å²) in [4.78, 5) is 0. The van der Waals surface area contributed by atoms with Crippen LogP contribution in [0.5, 0.6) is 0 Å². The van der Waals surface area contributed by atoms with E-state index in [4.69, 9.17) is 5.73 Å². The lowest BCUT2D eigenvalue weighted by Crippen LogP contribution is -2.13. The van der Waals surface area contributed by atoms with Gasteiger partial charge in [-0.3, -0.25) is 0 Å². The average molecular weight is 343 g/mol. The second kappa shape index (κ2) is 7.99. The van der Waals surface area contributed by atoms with Crippen molar-refractivity contribution in [3.63, 3.8) is 0 Å². The van der Waals surface area contributed by atoms with Gasteiger partial charge in [0, 0.05) is 11.6 Å². The molecule has 0 saturated heterocycles. The van der Waals surface area contributed by atoms with Crippen molar-refractivity contribution < 1.29 is 8.78 Å². The highest BCUT2D eigenvalue weighted by molar-refractivity contribution is 5.67. The van der Waals surface area contributed by atoms with Crippen LogP contribution in [-0.4, -0.2) is 0 Å². The standard InChI is InChI=1S/C22H27F2N/c1-2-3-4-15-5-7-16(8-6-15)17-9-11-18(12-10-17)19-13-21(24)22(25)14-20(19)23/h9-16H,2-8,25H2,1H3. The zero-order valence-corrected chi connectivity index (χ0v) is 14.9. The quantitative estimate of drug-likeness (QED) is 0.602. The molecular formula is C22H27F2N. The van der Waals surface area contributed by atoms with E-state index in [-0.39, 0.29) is 11.3 Å². The average Bonchev–Trinajstić information content (AvgIpc) is 2.64. The molecule has 0 radical (unpaired) electrons. The smallest absolute Gasteiger partial charge is 0.146 e. The molecule has 0 aliphatic heterocycles. The number of nitrogens with two attached hydrogens (primary N) is 1. The third-order valence-electron chi connectivity index (χ3n) is 5.59. The normalized spacial score (nSPS) is 20.6. The van der Waals surface area contributed by atoms with Gasteiger partial charge in [0.25, 0.3) is 0 Å². The highest BCUT2D eigenvalue weighted by atomic mass is 19.1. The molecule has 3 heteroatoms. The molecule has 1 aliphatic carbocycles. The number of nitrogen functional groups attached to an aromatic ring is 1. The largest absolute Gasteiger partial charge is 0.396 e. The molecular weight excluding hydrogens is 316 g/mol. The van der Waals surface area contributed by atoms with Gasteiger partial charge in [0.1, 0.15) is 11.6 Å². The molecule has 1 aliphatic rings. The zero-order chi connectivity index (χ0) is 17.8. The molecule has 0 aromatic heterocycles. The van der Waals surface area contributed by atoms with E-state index in [1.54, 1.807) is 0 Å². The summed E-state index contributed by atoms with van der Waals surface area (Å²) in [6, 6.07) is 10.2. The lowest BCUT2D eigenvalue weighted by molar-refractivity contribution is 0.304. The van der Waals surface area contributed by atoms with Crippen LogP contribution in [-0.2, 0) is 0 Å². The zero-order valence-electron chi connectivity index (χ0n) is 14.9. The van der Waals surface area contributed by atoms with Crippen LogP contribution in [0.3, 0.4) is 0 Å². The van der Waals surface area contributed by atoms with Gasteiger partial charge in [-0.2, -0.15) is 0 Å².